The molecule has 0 radical (unpaired) electrons. The van der Waals surface area contributed by atoms with Crippen LogP contribution in [0.1, 0.15) is 48.7 Å². The van der Waals surface area contributed by atoms with E-state index in [-0.39, 0.29) is 24.1 Å². The normalized spacial score (nSPS) is 20.8. The fourth-order valence-electron chi connectivity index (χ4n) is 4.45. The number of nitrogens with zero attached hydrogens (tertiary/aromatic N) is 5. The highest BCUT2D eigenvalue weighted by Crippen LogP contribution is 2.34. The van der Waals surface area contributed by atoms with Crippen molar-refractivity contribution in [1.29, 1.82) is 0 Å². The summed E-state index contributed by atoms with van der Waals surface area (Å²) in [6, 6.07) is 2.90. The number of halogens is 1. The van der Waals surface area contributed by atoms with Gasteiger partial charge in [-0.15, -0.1) is 0 Å². The third kappa shape index (κ3) is 3.05. The van der Waals surface area contributed by atoms with Crippen LogP contribution in [0, 0.1) is 11.2 Å². The molecule has 1 fully saturated rings. The molecule has 3 aromatic rings. The minimum atomic E-state index is -0.467. The Kier molecular flexibility index (Phi) is 4.16. The lowest BCUT2D eigenvalue weighted by Gasteiger charge is -2.29. The lowest BCUT2D eigenvalue weighted by Crippen LogP contribution is -2.40. The number of nitrogens with one attached hydrogen (secondary N) is 1. The van der Waals surface area contributed by atoms with Gasteiger partial charge in [-0.25, -0.2) is 13.9 Å². The van der Waals surface area contributed by atoms with E-state index in [1.807, 2.05) is 24.8 Å². The Hall–Kier alpha value is -3.23. The van der Waals surface area contributed by atoms with E-state index in [1.54, 1.807) is 10.7 Å². The fourth-order valence-corrected chi connectivity index (χ4v) is 4.45. The van der Waals surface area contributed by atoms with Crippen molar-refractivity contribution in [3.05, 3.63) is 58.0 Å². The van der Waals surface area contributed by atoms with Crippen molar-refractivity contribution in [3.8, 4) is 0 Å². The number of pyridine rings is 1. The Balaban J connectivity index is 1.73. The highest BCUT2D eigenvalue weighted by atomic mass is 19.1. The molecule has 2 aliphatic heterocycles. The van der Waals surface area contributed by atoms with Gasteiger partial charge in [-0.1, -0.05) is 13.8 Å². The van der Waals surface area contributed by atoms with Crippen LogP contribution in [0.15, 0.2) is 35.5 Å². The van der Waals surface area contributed by atoms with E-state index in [0.717, 1.165) is 12.8 Å². The molecular formula is C21H23FN6O2. The van der Waals surface area contributed by atoms with Crippen molar-refractivity contribution >= 4 is 17.4 Å². The lowest BCUT2D eigenvalue weighted by atomic mass is 9.92. The van der Waals surface area contributed by atoms with E-state index in [4.69, 9.17) is 0 Å². The molecule has 5 heterocycles. The summed E-state index contributed by atoms with van der Waals surface area (Å²) in [5, 5.41) is 7.16. The Labute approximate surface area is 172 Å². The highest BCUT2D eigenvalue weighted by molar-refractivity contribution is 5.99. The SMILES string of the molecule is CC1(C)CNC(=O)c2cnn3ccc(nc23)N2CCC[C@@H]2c2cc(F)cn(c2=O)C1. The van der Waals surface area contributed by atoms with E-state index in [1.165, 1.54) is 23.0 Å². The van der Waals surface area contributed by atoms with Crippen LogP contribution in [0.4, 0.5) is 10.2 Å². The Morgan fingerprint density at radius 1 is 1.30 bits per heavy atom. The van der Waals surface area contributed by atoms with Crippen LogP contribution in [0.5, 0.6) is 0 Å². The van der Waals surface area contributed by atoms with Crippen LogP contribution in [-0.2, 0) is 6.54 Å². The Morgan fingerprint density at radius 2 is 2.13 bits per heavy atom. The predicted molar refractivity (Wildman–Crippen MR) is 109 cm³/mol. The van der Waals surface area contributed by atoms with Crippen LogP contribution < -0.4 is 15.8 Å². The zero-order chi connectivity index (χ0) is 21.0. The number of amides is 1. The summed E-state index contributed by atoms with van der Waals surface area (Å²) in [6.07, 6.45) is 6.13. The van der Waals surface area contributed by atoms with Crippen LogP contribution in [0.2, 0.25) is 0 Å². The molecule has 1 N–H and O–H groups in total. The third-order valence-corrected chi connectivity index (χ3v) is 5.91. The molecule has 2 aliphatic rings. The maximum absolute atomic E-state index is 14.5. The van der Waals surface area contributed by atoms with Gasteiger partial charge in [-0.2, -0.15) is 5.10 Å². The van der Waals surface area contributed by atoms with Crippen molar-refractivity contribution in [2.24, 2.45) is 5.41 Å². The number of carbonyl (C=O) groups is 1. The number of aromatic nitrogens is 4. The molecule has 0 saturated carbocycles. The maximum Gasteiger partial charge on any atom is 0.256 e. The first-order chi connectivity index (χ1) is 14.3. The number of rotatable bonds is 0. The predicted octanol–water partition coefficient (Wildman–Crippen LogP) is 2.14. The van der Waals surface area contributed by atoms with Crippen molar-refractivity contribution < 1.29 is 9.18 Å². The first-order valence-corrected chi connectivity index (χ1v) is 10.1. The molecule has 0 unspecified atom stereocenters. The van der Waals surface area contributed by atoms with E-state index < -0.39 is 11.2 Å². The fraction of sp³-hybridized carbons (Fsp3) is 0.429. The molecule has 3 aromatic heterocycles. The third-order valence-electron chi connectivity index (χ3n) is 5.91. The molecule has 5 rings (SSSR count). The second kappa shape index (κ2) is 6.65. The van der Waals surface area contributed by atoms with Gasteiger partial charge < -0.3 is 14.8 Å². The monoisotopic (exact) mass is 410 g/mol. The van der Waals surface area contributed by atoms with Crippen molar-refractivity contribution in [2.75, 3.05) is 18.0 Å². The molecule has 1 atom stereocenters. The molecule has 1 amide bonds. The van der Waals surface area contributed by atoms with Crippen molar-refractivity contribution in [3.63, 3.8) is 0 Å². The number of anilines is 1. The van der Waals surface area contributed by atoms with Gasteiger partial charge in [-0.3, -0.25) is 9.59 Å². The van der Waals surface area contributed by atoms with E-state index in [0.29, 0.717) is 35.7 Å². The van der Waals surface area contributed by atoms with E-state index >= 15 is 0 Å². The number of fused-ring (bicyclic) bond motifs is 6. The van der Waals surface area contributed by atoms with Crippen LogP contribution in [0.25, 0.3) is 5.65 Å². The standard InChI is InChI=1S/C21H23FN6O2/c1-21(2)11-23-19(29)15-9-24-28-7-5-17(25-18(15)28)27-6-3-4-16(27)14-8-13(22)10-26(12-21)20(14)30/h5,7-10,16H,3-4,6,11-12H2,1-2H3,(H,23,29)/t16-/m1/s1. The number of hydrogen-bond acceptors (Lipinski definition) is 5. The van der Waals surface area contributed by atoms with Crippen LogP contribution in [-0.4, -0.2) is 38.2 Å². The summed E-state index contributed by atoms with van der Waals surface area (Å²) in [7, 11) is 0. The zero-order valence-corrected chi connectivity index (χ0v) is 16.9. The Morgan fingerprint density at radius 3 is 2.97 bits per heavy atom. The average Bonchev–Trinajstić information content (AvgIpc) is 3.34. The second-order valence-electron chi connectivity index (χ2n) is 8.86. The lowest BCUT2D eigenvalue weighted by molar-refractivity contribution is 0.0933. The van der Waals surface area contributed by atoms with Gasteiger partial charge in [0.2, 0.25) is 0 Å². The Bertz CT molecular complexity index is 1210. The summed E-state index contributed by atoms with van der Waals surface area (Å²) < 4.78 is 17.5. The zero-order valence-electron chi connectivity index (χ0n) is 16.9. The van der Waals surface area contributed by atoms with Gasteiger partial charge in [0.25, 0.3) is 11.5 Å². The quantitative estimate of drug-likeness (QED) is 0.614. The first-order valence-electron chi connectivity index (χ1n) is 10.1. The van der Waals surface area contributed by atoms with Gasteiger partial charge >= 0.3 is 0 Å². The van der Waals surface area contributed by atoms with Gasteiger partial charge in [0.05, 0.1) is 12.2 Å². The van der Waals surface area contributed by atoms with E-state index in [2.05, 4.69) is 15.4 Å². The van der Waals surface area contributed by atoms with Crippen molar-refractivity contribution in [2.45, 2.75) is 39.3 Å². The van der Waals surface area contributed by atoms with Crippen LogP contribution >= 0.6 is 0 Å². The summed E-state index contributed by atoms with van der Waals surface area (Å²) in [5.41, 5.74) is 0.644. The summed E-state index contributed by atoms with van der Waals surface area (Å²) in [6.45, 7) is 5.17. The van der Waals surface area contributed by atoms with Gasteiger partial charge in [0, 0.05) is 43.0 Å². The summed E-state index contributed by atoms with van der Waals surface area (Å²) in [4.78, 5) is 32.8. The second-order valence-corrected chi connectivity index (χ2v) is 8.86. The first kappa shape index (κ1) is 18.8. The number of carbonyl (C=O) groups excluding carboxylic acids is 1. The molecular weight excluding hydrogens is 387 g/mol. The molecule has 4 bridgehead atoms. The largest absolute Gasteiger partial charge is 0.351 e. The summed E-state index contributed by atoms with van der Waals surface area (Å²) >= 11 is 0. The molecule has 1 saturated heterocycles. The summed E-state index contributed by atoms with van der Waals surface area (Å²) in [5.74, 6) is -0.0675. The average molecular weight is 410 g/mol. The minimum Gasteiger partial charge on any atom is -0.351 e. The molecule has 9 heteroatoms. The van der Waals surface area contributed by atoms with Gasteiger partial charge in [0.15, 0.2) is 5.65 Å². The van der Waals surface area contributed by atoms with E-state index in [9.17, 15) is 14.0 Å². The minimum absolute atomic E-state index is 0.198. The molecule has 30 heavy (non-hydrogen) atoms. The topological polar surface area (TPSA) is 84.5 Å². The molecule has 8 nitrogen and oxygen atoms in total. The smallest absolute Gasteiger partial charge is 0.256 e. The maximum atomic E-state index is 14.5. The molecule has 156 valence electrons. The highest BCUT2D eigenvalue weighted by Gasteiger charge is 2.32. The molecule has 0 aliphatic carbocycles. The van der Waals surface area contributed by atoms with Gasteiger partial charge in [0.1, 0.15) is 17.2 Å². The molecule has 0 spiro atoms. The van der Waals surface area contributed by atoms with Crippen LogP contribution in [0.3, 0.4) is 0 Å². The van der Waals surface area contributed by atoms with Gasteiger partial charge in [-0.05, 0) is 25.0 Å². The number of hydrogen-bond donors (Lipinski definition) is 1. The molecule has 0 aromatic carbocycles. The van der Waals surface area contributed by atoms with Crippen molar-refractivity contribution in [1.82, 2.24) is 24.5 Å².